The third-order valence-corrected chi connectivity index (χ3v) is 3.94. The minimum Gasteiger partial charge on any atom is -0.298 e. The first-order chi connectivity index (χ1) is 10.3. The van der Waals surface area contributed by atoms with Crippen LogP contribution in [0.1, 0.15) is 21.5 Å². The summed E-state index contributed by atoms with van der Waals surface area (Å²) in [6, 6.07) is 18.1. The van der Waals surface area contributed by atoms with Gasteiger partial charge in [0.25, 0.3) is 0 Å². The molecule has 1 aromatic heterocycles. The molecule has 0 radical (unpaired) electrons. The maximum Gasteiger partial charge on any atom is 0.150 e. The van der Waals surface area contributed by atoms with Gasteiger partial charge in [-0.25, -0.2) is 0 Å². The third kappa shape index (κ3) is 3.36. The Morgan fingerprint density at radius 1 is 0.762 bits per heavy atom. The van der Waals surface area contributed by atoms with Gasteiger partial charge in [-0.1, -0.05) is 48.6 Å². The van der Waals surface area contributed by atoms with Crippen LogP contribution in [0.25, 0.3) is 23.3 Å². The first-order valence-corrected chi connectivity index (χ1v) is 7.65. The summed E-state index contributed by atoms with van der Waals surface area (Å²) in [5, 5.41) is 4.24. The molecule has 0 atom stereocenters. The maximum atomic E-state index is 10.8. The highest BCUT2D eigenvalue weighted by Crippen LogP contribution is 2.23. The molecule has 21 heavy (non-hydrogen) atoms. The minimum atomic E-state index is 0.698. The molecular formula is C19H14OS. The molecule has 1 nitrogen and oxygen atoms in total. The van der Waals surface area contributed by atoms with Crippen molar-refractivity contribution in [1.82, 2.24) is 0 Å². The first kappa shape index (κ1) is 13.5. The lowest BCUT2D eigenvalue weighted by Crippen LogP contribution is -1.80. The lowest BCUT2D eigenvalue weighted by molar-refractivity contribution is 0.112. The van der Waals surface area contributed by atoms with E-state index in [0.717, 1.165) is 17.4 Å². The maximum absolute atomic E-state index is 10.8. The average molecular weight is 290 g/mol. The first-order valence-electron chi connectivity index (χ1n) is 6.71. The van der Waals surface area contributed by atoms with E-state index in [1.807, 2.05) is 30.3 Å². The summed E-state index contributed by atoms with van der Waals surface area (Å²) >= 11 is 1.70. The second kappa shape index (κ2) is 6.33. The van der Waals surface area contributed by atoms with Crippen molar-refractivity contribution in [2.24, 2.45) is 0 Å². The lowest BCUT2D eigenvalue weighted by atomic mass is 10.0. The Kier molecular flexibility index (Phi) is 4.08. The predicted molar refractivity (Wildman–Crippen MR) is 90.5 cm³/mol. The van der Waals surface area contributed by atoms with Crippen molar-refractivity contribution in [3.63, 3.8) is 0 Å². The van der Waals surface area contributed by atoms with Gasteiger partial charge in [-0.05, 0) is 51.2 Å². The molecule has 0 saturated heterocycles. The summed E-state index contributed by atoms with van der Waals surface area (Å²) in [6.45, 7) is 0. The molecule has 0 bridgehead atoms. The Hall–Kier alpha value is -2.45. The predicted octanol–water partition coefficient (Wildman–Crippen LogP) is 5.40. The van der Waals surface area contributed by atoms with Gasteiger partial charge in [-0.3, -0.25) is 4.79 Å². The molecule has 0 aliphatic rings. The number of benzene rings is 2. The highest BCUT2D eigenvalue weighted by molar-refractivity contribution is 7.08. The fourth-order valence-corrected chi connectivity index (χ4v) is 2.84. The zero-order valence-corrected chi connectivity index (χ0v) is 12.2. The molecule has 0 amide bonds. The van der Waals surface area contributed by atoms with Crippen LogP contribution in [0.2, 0.25) is 0 Å². The van der Waals surface area contributed by atoms with Gasteiger partial charge in [0.15, 0.2) is 0 Å². The smallest absolute Gasteiger partial charge is 0.150 e. The molecular weight excluding hydrogens is 276 g/mol. The second-order valence-corrected chi connectivity index (χ2v) is 5.54. The molecule has 1 heterocycles. The number of hydrogen-bond acceptors (Lipinski definition) is 2. The Morgan fingerprint density at radius 2 is 1.48 bits per heavy atom. The van der Waals surface area contributed by atoms with Crippen LogP contribution < -0.4 is 0 Å². The quantitative estimate of drug-likeness (QED) is 0.464. The van der Waals surface area contributed by atoms with Crippen LogP contribution >= 0.6 is 11.3 Å². The van der Waals surface area contributed by atoms with E-state index in [1.54, 1.807) is 11.3 Å². The SMILES string of the molecule is O=Cc1cccc(/C=C/c2cccc(-c3ccsc3)c2)c1. The van der Waals surface area contributed by atoms with Crippen LogP contribution in [0.3, 0.4) is 0 Å². The van der Waals surface area contributed by atoms with Gasteiger partial charge in [0.2, 0.25) is 0 Å². The molecule has 2 heteroatoms. The van der Waals surface area contributed by atoms with Crippen molar-refractivity contribution in [3.05, 3.63) is 82.0 Å². The summed E-state index contributed by atoms with van der Waals surface area (Å²) in [4.78, 5) is 10.8. The van der Waals surface area contributed by atoms with Crippen LogP contribution in [0, 0.1) is 0 Å². The minimum absolute atomic E-state index is 0.698. The van der Waals surface area contributed by atoms with E-state index < -0.39 is 0 Å². The molecule has 0 aliphatic carbocycles. The van der Waals surface area contributed by atoms with Gasteiger partial charge < -0.3 is 0 Å². The molecule has 0 unspecified atom stereocenters. The van der Waals surface area contributed by atoms with E-state index in [1.165, 1.54) is 11.1 Å². The van der Waals surface area contributed by atoms with Crippen LogP contribution in [0.4, 0.5) is 0 Å². The Labute approximate surface area is 128 Å². The lowest BCUT2D eigenvalue weighted by Gasteiger charge is -2.00. The van der Waals surface area contributed by atoms with Gasteiger partial charge in [-0.2, -0.15) is 11.3 Å². The molecule has 102 valence electrons. The summed E-state index contributed by atoms with van der Waals surface area (Å²) in [5.41, 5.74) is 5.35. The molecule has 2 aromatic carbocycles. The fourth-order valence-electron chi connectivity index (χ4n) is 2.18. The number of carbonyl (C=O) groups excluding carboxylic acids is 1. The summed E-state index contributed by atoms with van der Waals surface area (Å²) in [7, 11) is 0. The summed E-state index contributed by atoms with van der Waals surface area (Å²) in [6.07, 6.45) is 4.97. The third-order valence-electron chi connectivity index (χ3n) is 3.26. The van der Waals surface area contributed by atoms with Gasteiger partial charge >= 0.3 is 0 Å². The normalized spacial score (nSPS) is 10.9. The molecule has 0 N–H and O–H groups in total. The van der Waals surface area contributed by atoms with E-state index >= 15 is 0 Å². The largest absolute Gasteiger partial charge is 0.298 e. The Bertz CT molecular complexity index is 770. The molecule has 3 rings (SSSR count). The van der Waals surface area contributed by atoms with Crippen LogP contribution in [-0.4, -0.2) is 6.29 Å². The number of thiophene rings is 1. The van der Waals surface area contributed by atoms with Gasteiger partial charge in [0.1, 0.15) is 6.29 Å². The van der Waals surface area contributed by atoms with E-state index in [-0.39, 0.29) is 0 Å². The van der Waals surface area contributed by atoms with Crippen molar-refractivity contribution in [3.8, 4) is 11.1 Å². The van der Waals surface area contributed by atoms with E-state index in [2.05, 4.69) is 47.2 Å². The van der Waals surface area contributed by atoms with Crippen molar-refractivity contribution in [1.29, 1.82) is 0 Å². The zero-order valence-electron chi connectivity index (χ0n) is 11.4. The molecule has 3 aromatic rings. The zero-order chi connectivity index (χ0) is 14.5. The highest BCUT2D eigenvalue weighted by atomic mass is 32.1. The second-order valence-electron chi connectivity index (χ2n) is 4.76. The summed E-state index contributed by atoms with van der Waals surface area (Å²) in [5.74, 6) is 0. The van der Waals surface area contributed by atoms with Crippen LogP contribution in [0.5, 0.6) is 0 Å². The van der Waals surface area contributed by atoms with Crippen LogP contribution in [-0.2, 0) is 0 Å². The molecule has 0 spiro atoms. The van der Waals surface area contributed by atoms with Crippen molar-refractivity contribution in [2.45, 2.75) is 0 Å². The Morgan fingerprint density at radius 3 is 2.19 bits per heavy atom. The molecule has 0 aliphatic heterocycles. The van der Waals surface area contributed by atoms with Gasteiger partial charge in [-0.15, -0.1) is 0 Å². The summed E-state index contributed by atoms with van der Waals surface area (Å²) < 4.78 is 0. The van der Waals surface area contributed by atoms with Crippen LogP contribution in [0.15, 0.2) is 65.4 Å². The fraction of sp³-hybridized carbons (Fsp3) is 0. The monoisotopic (exact) mass is 290 g/mol. The Balaban J connectivity index is 1.86. The molecule has 0 fully saturated rings. The highest BCUT2D eigenvalue weighted by Gasteiger charge is 1.98. The van der Waals surface area contributed by atoms with Gasteiger partial charge in [0, 0.05) is 5.56 Å². The number of aldehydes is 1. The van der Waals surface area contributed by atoms with E-state index in [0.29, 0.717) is 5.56 Å². The standard InChI is InChI=1S/C19H14OS/c20-13-17-5-1-3-15(11-17)7-8-16-4-2-6-18(12-16)19-9-10-21-14-19/h1-14H/b8-7+. The molecule has 0 saturated carbocycles. The topological polar surface area (TPSA) is 17.1 Å². The number of rotatable bonds is 4. The van der Waals surface area contributed by atoms with Crippen molar-refractivity contribution >= 4 is 29.8 Å². The van der Waals surface area contributed by atoms with E-state index in [9.17, 15) is 4.79 Å². The van der Waals surface area contributed by atoms with Gasteiger partial charge in [0.05, 0.1) is 0 Å². The van der Waals surface area contributed by atoms with Crippen molar-refractivity contribution in [2.75, 3.05) is 0 Å². The number of carbonyl (C=O) groups is 1. The number of hydrogen-bond donors (Lipinski definition) is 0. The average Bonchev–Trinajstić information content (AvgIpc) is 3.08. The van der Waals surface area contributed by atoms with E-state index in [4.69, 9.17) is 0 Å². The van der Waals surface area contributed by atoms with Crippen molar-refractivity contribution < 1.29 is 4.79 Å².